The van der Waals surface area contributed by atoms with E-state index in [2.05, 4.69) is 0 Å². The van der Waals surface area contributed by atoms with Gasteiger partial charge in [-0.2, -0.15) is 11.8 Å². The van der Waals surface area contributed by atoms with E-state index < -0.39 is 11.6 Å². The van der Waals surface area contributed by atoms with Gasteiger partial charge in [0, 0.05) is 29.8 Å². The molecule has 1 aliphatic rings. The van der Waals surface area contributed by atoms with Gasteiger partial charge in [0.15, 0.2) is 11.6 Å². The molecule has 1 fully saturated rings. The zero-order valence-electron chi connectivity index (χ0n) is 9.04. The molecule has 0 bridgehead atoms. The molecule has 0 radical (unpaired) electrons. The van der Waals surface area contributed by atoms with E-state index in [9.17, 15) is 8.78 Å². The van der Waals surface area contributed by atoms with Crippen LogP contribution in [0.3, 0.4) is 0 Å². The smallest absolute Gasteiger partial charge is 0.151 e. The molecule has 88 valence electrons. The SMILES string of the molecule is CC1CSCCN1c1c(F)cc(N)cc1F. The lowest BCUT2D eigenvalue weighted by molar-refractivity contribution is 0.559. The standard InChI is InChI=1S/C11H14F2N2S/c1-7-6-16-3-2-15(7)11-9(12)4-8(14)5-10(11)13/h4-5,7H,2-3,6,14H2,1H3. The van der Waals surface area contributed by atoms with Gasteiger partial charge in [-0.25, -0.2) is 8.78 Å². The fourth-order valence-corrected chi connectivity index (χ4v) is 2.93. The van der Waals surface area contributed by atoms with Crippen LogP contribution in [-0.4, -0.2) is 24.1 Å². The Morgan fingerprint density at radius 2 is 2.00 bits per heavy atom. The summed E-state index contributed by atoms with van der Waals surface area (Å²) in [6.45, 7) is 2.64. The van der Waals surface area contributed by atoms with E-state index in [0.717, 1.165) is 11.5 Å². The number of rotatable bonds is 1. The predicted molar refractivity (Wildman–Crippen MR) is 64.9 cm³/mol. The summed E-state index contributed by atoms with van der Waals surface area (Å²) in [5.74, 6) is 0.643. The predicted octanol–water partition coefficient (Wildman–Crippen LogP) is 2.49. The van der Waals surface area contributed by atoms with Gasteiger partial charge in [-0.05, 0) is 19.1 Å². The molecule has 0 amide bonds. The molecule has 0 aromatic heterocycles. The van der Waals surface area contributed by atoms with Crippen molar-refractivity contribution in [1.82, 2.24) is 0 Å². The zero-order chi connectivity index (χ0) is 11.7. The highest BCUT2D eigenvalue weighted by Crippen LogP contribution is 2.30. The summed E-state index contributed by atoms with van der Waals surface area (Å²) >= 11 is 1.81. The van der Waals surface area contributed by atoms with Gasteiger partial charge in [0.1, 0.15) is 5.69 Å². The molecule has 1 atom stereocenters. The maximum absolute atomic E-state index is 13.7. The minimum Gasteiger partial charge on any atom is -0.399 e. The highest BCUT2D eigenvalue weighted by atomic mass is 32.2. The lowest BCUT2D eigenvalue weighted by atomic mass is 10.2. The van der Waals surface area contributed by atoms with Crippen molar-refractivity contribution in [3.63, 3.8) is 0 Å². The molecule has 1 saturated heterocycles. The quantitative estimate of drug-likeness (QED) is 0.770. The highest BCUT2D eigenvalue weighted by molar-refractivity contribution is 7.99. The van der Waals surface area contributed by atoms with Crippen molar-refractivity contribution in [2.75, 3.05) is 28.7 Å². The van der Waals surface area contributed by atoms with Crippen molar-refractivity contribution in [2.24, 2.45) is 0 Å². The number of thioether (sulfide) groups is 1. The second kappa shape index (κ2) is 4.49. The largest absolute Gasteiger partial charge is 0.399 e. The normalized spacial score (nSPS) is 21.2. The molecule has 0 aliphatic carbocycles. The van der Waals surface area contributed by atoms with Gasteiger partial charge in [0.2, 0.25) is 0 Å². The number of benzene rings is 1. The second-order valence-corrected chi connectivity index (χ2v) is 5.10. The molecular formula is C11H14F2N2S. The molecule has 5 heteroatoms. The van der Waals surface area contributed by atoms with E-state index in [1.54, 1.807) is 16.7 Å². The number of anilines is 2. The first-order valence-electron chi connectivity index (χ1n) is 5.18. The van der Waals surface area contributed by atoms with E-state index in [1.807, 2.05) is 6.92 Å². The van der Waals surface area contributed by atoms with E-state index in [-0.39, 0.29) is 17.4 Å². The van der Waals surface area contributed by atoms with Crippen LogP contribution in [0.4, 0.5) is 20.2 Å². The Morgan fingerprint density at radius 3 is 2.56 bits per heavy atom. The zero-order valence-corrected chi connectivity index (χ0v) is 9.86. The molecule has 1 aliphatic heterocycles. The average molecular weight is 244 g/mol. The molecule has 2 N–H and O–H groups in total. The van der Waals surface area contributed by atoms with Gasteiger partial charge in [0.25, 0.3) is 0 Å². The Bertz CT molecular complexity index is 375. The van der Waals surface area contributed by atoms with Crippen LogP contribution in [0.1, 0.15) is 6.92 Å². The number of halogens is 2. The van der Waals surface area contributed by atoms with Crippen molar-refractivity contribution >= 4 is 23.1 Å². The molecule has 2 nitrogen and oxygen atoms in total. The van der Waals surface area contributed by atoms with Crippen LogP contribution in [0.15, 0.2) is 12.1 Å². The second-order valence-electron chi connectivity index (χ2n) is 3.95. The number of nitrogen functional groups attached to an aromatic ring is 1. The van der Waals surface area contributed by atoms with Gasteiger partial charge in [0.05, 0.1) is 0 Å². The first-order valence-corrected chi connectivity index (χ1v) is 6.34. The Morgan fingerprint density at radius 1 is 1.38 bits per heavy atom. The van der Waals surface area contributed by atoms with Gasteiger partial charge in [-0.15, -0.1) is 0 Å². The maximum Gasteiger partial charge on any atom is 0.151 e. The fraction of sp³-hybridized carbons (Fsp3) is 0.455. The Hall–Kier alpha value is -0.970. The van der Waals surface area contributed by atoms with Crippen LogP contribution >= 0.6 is 11.8 Å². The van der Waals surface area contributed by atoms with Crippen molar-refractivity contribution in [2.45, 2.75) is 13.0 Å². The molecule has 1 aromatic carbocycles. The number of nitrogens with zero attached hydrogens (tertiary/aromatic N) is 1. The van der Waals surface area contributed by atoms with Crippen LogP contribution < -0.4 is 10.6 Å². The third-order valence-corrected chi connectivity index (χ3v) is 3.88. The molecule has 1 heterocycles. The summed E-state index contributed by atoms with van der Waals surface area (Å²) in [5, 5.41) is 0. The molecule has 1 aromatic rings. The van der Waals surface area contributed by atoms with Crippen LogP contribution in [0.2, 0.25) is 0 Å². The third kappa shape index (κ3) is 2.09. The first-order chi connectivity index (χ1) is 7.59. The highest BCUT2D eigenvalue weighted by Gasteiger charge is 2.24. The summed E-state index contributed by atoms with van der Waals surface area (Å²) in [4.78, 5) is 1.78. The Balaban J connectivity index is 2.38. The van der Waals surface area contributed by atoms with Gasteiger partial charge < -0.3 is 10.6 Å². The van der Waals surface area contributed by atoms with Crippen molar-refractivity contribution in [3.8, 4) is 0 Å². The molecule has 16 heavy (non-hydrogen) atoms. The molecular weight excluding hydrogens is 230 g/mol. The topological polar surface area (TPSA) is 29.3 Å². The maximum atomic E-state index is 13.7. The van der Waals surface area contributed by atoms with E-state index in [1.165, 1.54) is 12.1 Å². The summed E-state index contributed by atoms with van der Waals surface area (Å²) in [5.41, 5.74) is 5.57. The monoisotopic (exact) mass is 244 g/mol. The van der Waals surface area contributed by atoms with Crippen molar-refractivity contribution in [1.29, 1.82) is 0 Å². The van der Waals surface area contributed by atoms with Gasteiger partial charge >= 0.3 is 0 Å². The van der Waals surface area contributed by atoms with E-state index in [0.29, 0.717) is 6.54 Å². The fourth-order valence-electron chi connectivity index (χ4n) is 1.92. The Labute approximate surface area is 97.8 Å². The summed E-state index contributed by atoms with van der Waals surface area (Å²) in [6.07, 6.45) is 0. The molecule has 0 saturated carbocycles. The van der Waals surface area contributed by atoms with E-state index >= 15 is 0 Å². The molecule has 2 rings (SSSR count). The average Bonchev–Trinajstić information content (AvgIpc) is 2.19. The molecule has 0 spiro atoms. The minimum absolute atomic E-state index is 0.0574. The van der Waals surface area contributed by atoms with E-state index in [4.69, 9.17) is 5.73 Å². The summed E-state index contributed by atoms with van der Waals surface area (Å²) in [7, 11) is 0. The number of hydrogen-bond acceptors (Lipinski definition) is 3. The number of hydrogen-bond donors (Lipinski definition) is 1. The van der Waals surface area contributed by atoms with Crippen molar-refractivity contribution < 1.29 is 8.78 Å². The number of nitrogens with two attached hydrogens (primary N) is 1. The first kappa shape index (κ1) is 11.5. The van der Waals surface area contributed by atoms with Gasteiger partial charge in [-0.3, -0.25) is 0 Å². The third-order valence-electron chi connectivity index (χ3n) is 2.69. The van der Waals surface area contributed by atoms with Crippen LogP contribution in [0.5, 0.6) is 0 Å². The van der Waals surface area contributed by atoms with Gasteiger partial charge in [-0.1, -0.05) is 0 Å². The molecule has 1 unspecified atom stereocenters. The van der Waals surface area contributed by atoms with Crippen molar-refractivity contribution in [3.05, 3.63) is 23.8 Å². The lowest BCUT2D eigenvalue weighted by Gasteiger charge is -2.35. The minimum atomic E-state index is -0.573. The van der Waals surface area contributed by atoms with Crippen LogP contribution in [-0.2, 0) is 0 Å². The summed E-state index contributed by atoms with van der Waals surface area (Å²) in [6, 6.07) is 2.49. The van der Waals surface area contributed by atoms with Crippen LogP contribution in [0.25, 0.3) is 0 Å². The Kier molecular flexibility index (Phi) is 3.23. The van der Waals surface area contributed by atoms with Crippen LogP contribution in [0, 0.1) is 11.6 Å². The summed E-state index contributed by atoms with van der Waals surface area (Å²) < 4.78 is 27.4. The lowest BCUT2D eigenvalue weighted by Crippen LogP contribution is -2.41.